The van der Waals surface area contributed by atoms with E-state index in [0.717, 1.165) is 47.2 Å². The fourth-order valence-corrected chi connectivity index (χ4v) is 4.90. The zero-order chi connectivity index (χ0) is 23.5. The van der Waals surface area contributed by atoms with Gasteiger partial charge in [0.25, 0.3) is 5.89 Å². The normalized spacial score (nSPS) is 16.2. The lowest BCUT2D eigenvalue weighted by atomic mass is 10.2. The van der Waals surface area contributed by atoms with E-state index in [1.54, 1.807) is 23.5 Å². The van der Waals surface area contributed by atoms with Crippen LogP contribution in [0.3, 0.4) is 0 Å². The van der Waals surface area contributed by atoms with Crippen LogP contribution in [0.1, 0.15) is 10.8 Å². The molecular weight excluding hydrogens is 457 g/mol. The van der Waals surface area contributed by atoms with E-state index in [4.69, 9.17) is 9.26 Å². The van der Waals surface area contributed by atoms with E-state index in [0.29, 0.717) is 30.4 Å². The number of aliphatic hydroxyl groups excluding tert-OH is 1. The second-order valence-electron chi connectivity index (χ2n) is 8.43. The number of ether oxygens (including phenoxy) is 1. The summed E-state index contributed by atoms with van der Waals surface area (Å²) in [5.41, 5.74) is 1.54. The van der Waals surface area contributed by atoms with Gasteiger partial charge in [0.2, 0.25) is 0 Å². The highest BCUT2D eigenvalue weighted by molar-refractivity contribution is 7.18. The molecule has 2 aromatic carbocycles. The number of rotatable bonds is 8. The predicted octanol–water partition coefficient (Wildman–Crippen LogP) is 3.35. The number of hydrogen-bond acceptors (Lipinski definition) is 9. The topological polar surface area (TPSA) is 87.8 Å². The number of aryl methyl sites for hydroxylation is 1. The fourth-order valence-electron chi connectivity index (χ4n) is 4.04. The van der Waals surface area contributed by atoms with Gasteiger partial charge >= 0.3 is 0 Å². The Balaban J connectivity index is 1.06. The molecule has 1 aliphatic rings. The number of thiazole rings is 1. The van der Waals surface area contributed by atoms with E-state index in [9.17, 15) is 9.50 Å². The van der Waals surface area contributed by atoms with Crippen LogP contribution in [0.25, 0.3) is 21.7 Å². The second-order valence-corrected chi connectivity index (χ2v) is 9.66. The maximum absolute atomic E-state index is 13.4. The third-order valence-corrected chi connectivity index (χ3v) is 6.68. The van der Waals surface area contributed by atoms with E-state index < -0.39 is 6.10 Å². The van der Waals surface area contributed by atoms with Crippen LogP contribution in [-0.4, -0.2) is 75.5 Å². The number of nitrogens with zero attached hydrogens (tertiary/aromatic N) is 5. The van der Waals surface area contributed by atoms with Gasteiger partial charge in [-0.25, -0.2) is 9.37 Å². The standard InChI is InChI=1S/C24H26FN5O3S/c1-16-26-21-6-5-20(12-22(21)34-16)32-15-19(31)13-29-7-9-30(10-8-29)14-23-27-24(33-28-23)17-3-2-4-18(25)11-17/h2-6,11-12,19,31H,7-10,13-15H2,1H3. The summed E-state index contributed by atoms with van der Waals surface area (Å²) in [6, 6.07) is 11.9. The molecule has 8 nitrogen and oxygen atoms in total. The lowest BCUT2D eigenvalue weighted by Crippen LogP contribution is -2.48. The van der Waals surface area contributed by atoms with Crippen LogP contribution in [0, 0.1) is 12.7 Å². The molecule has 4 aromatic rings. The third-order valence-electron chi connectivity index (χ3n) is 5.75. The summed E-state index contributed by atoms with van der Waals surface area (Å²) < 4.78 is 25.6. The molecule has 0 spiro atoms. The molecule has 1 saturated heterocycles. The first kappa shape index (κ1) is 22.9. The van der Waals surface area contributed by atoms with Crippen molar-refractivity contribution in [2.45, 2.75) is 19.6 Å². The van der Waals surface area contributed by atoms with Crippen LogP contribution in [0.5, 0.6) is 5.75 Å². The molecule has 1 atom stereocenters. The summed E-state index contributed by atoms with van der Waals surface area (Å²) in [5.74, 6) is 1.31. The van der Waals surface area contributed by atoms with Gasteiger partial charge < -0.3 is 14.4 Å². The smallest absolute Gasteiger partial charge is 0.258 e. The molecule has 1 N–H and O–H groups in total. The molecular formula is C24H26FN5O3S. The van der Waals surface area contributed by atoms with Crippen molar-refractivity contribution in [3.8, 4) is 17.2 Å². The number of hydrogen-bond donors (Lipinski definition) is 1. The summed E-state index contributed by atoms with van der Waals surface area (Å²) in [6.07, 6.45) is -0.573. The average Bonchev–Trinajstić information content (AvgIpc) is 3.44. The number of halogens is 1. The van der Waals surface area contributed by atoms with Crippen molar-refractivity contribution in [3.05, 3.63) is 59.1 Å². The van der Waals surface area contributed by atoms with Crippen molar-refractivity contribution in [3.63, 3.8) is 0 Å². The minimum atomic E-state index is -0.573. The lowest BCUT2D eigenvalue weighted by molar-refractivity contribution is 0.0440. The first-order chi connectivity index (χ1) is 16.5. The Bertz CT molecular complexity index is 1250. The van der Waals surface area contributed by atoms with Gasteiger partial charge in [-0.1, -0.05) is 11.2 Å². The van der Waals surface area contributed by atoms with Gasteiger partial charge in [0.05, 0.1) is 21.8 Å². The first-order valence-corrected chi connectivity index (χ1v) is 12.0. The predicted molar refractivity (Wildman–Crippen MR) is 127 cm³/mol. The minimum Gasteiger partial charge on any atom is -0.491 e. The number of β-amino-alcohol motifs (C(OH)–C–C–N with tert-alkyl or cyclic N) is 1. The van der Waals surface area contributed by atoms with Crippen molar-refractivity contribution in [1.29, 1.82) is 0 Å². The molecule has 1 unspecified atom stereocenters. The van der Waals surface area contributed by atoms with Crippen LogP contribution in [-0.2, 0) is 6.54 Å². The Morgan fingerprint density at radius 2 is 1.94 bits per heavy atom. The van der Waals surface area contributed by atoms with Crippen LogP contribution >= 0.6 is 11.3 Å². The van der Waals surface area contributed by atoms with Gasteiger partial charge in [-0.05, 0) is 43.3 Å². The highest BCUT2D eigenvalue weighted by atomic mass is 32.1. The maximum atomic E-state index is 13.4. The molecule has 3 heterocycles. The third kappa shape index (κ3) is 5.58. The van der Waals surface area contributed by atoms with Gasteiger partial charge in [0.15, 0.2) is 5.82 Å². The van der Waals surface area contributed by atoms with Crippen molar-refractivity contribution in [2.24, 2.45) is 0 Å². The molecule has 1 fully saturated rings. The summed E-state index contributed by atoms with van der Waals surface area (Å²) in [4.78, 5) is 13.3. The largest absolute Gasteiger partial charge is 0.491 e. The number of piperazine rings is 1. The molecule has 5 rings (SSSR count). The van der Waals surface area contributed by atoms with Crippen LogP contribution < -0.4 is 4.74 Å². The summed E-state index contributed by atoms with van der Waals surface area (Å²) in [5, 5.41) is 15.5. The van der Waals surface area contributed by atoms with Gasteiger partial charge in [-0.15, -0.1) is 11.3 Å². The van der Waals surface area contributed by atoms with E-state index in [-0.39, 0.29) is 12.4 Å². The summed E-state index contributed by atoms with van der Waals surface area (Å²) in [7, 11) is 0. The van der Waals surface area contributed by atoms with Crippen molar-refractivity contribution >= 4 is 21.6 Å². The van der Waals surface area contributed by atoms with E-state index >= 15 is 0 Å². The highest BCUT2D eigenvalue weighted by Gasteiger charge is 2.21. The molecule has 0 bridgehead atoms. The molecule has 0 saturated carbocycles. The summed E-state index contributed by atoms with van der Waals surface area (Å²) in [6.45, 7) is 6.68. The number of aliphatic hydroxyl groups is 1. The Labute approximate surface area is 200 Å². The molecule has 0 amide bonds. The molecule has 0 aliphatic carbocycles. The molecule has 0 radical (unpaired) electrons. The zero-order valence-corrected chi connectivity index (χ0v) is 19.7. The fraction of sp³-hybridized carbons (Fsp3) is 0.375. The van der Waals surface area contributed by atoms with Crippen molar-refractivity contribution in [2.75, 3.05) is 39.3 Å². The average molecular weight is 484 g/mol. The lowest BCUT2D eigenvalue weighted by Gasteiger charge is -2.34. The molecule has 2 aromatic heterocycles. The minimum absolute atomic E-state index is 0.245. The van der Waals surface area contributed by atoms with Gasteiger partial charge in [0, 0.05) is 38.3 Å². The van der Waals surface area contributed by atoms with Crippen LogP contribution in [0.4, 0.5) is 4.39 Å². The quantitative estimate of drug-likeness (QED) is 0.408. The Morgan fingerprint density at radius 1 is 1.12 bits per heavy atom. The number of benzene rings is 2. The Morgan fingerprint density at radius 3 is 2.76 bits per heavy atom. The van der Waals surface area contributed by atoms with E-state index in [1.165, 1.54) is 12.1 Å². The van der Waals surface area contributed by atoms with Crippen LogP contribution in [0.2, 0.25) is 0 Å². The zero-order valence-electron chi connectivity index (χ0n) is 18.9. The van der Waals surface area contributed by atoms with Gasteiger partial charge in [-0.3, -0.25) is 9.80 Å². The molecule has 1 aliphatic heterocycles. The maximum Gasteiger partial charge on any atom is 0.258 e. The molecule has 10 heteroatoms. The highest BCUT2D eigenvalue weighted by Crippen LogP contribution is 2.26. The Hall–Kier alpha value is -2.92. The SMILES string of the molecule is Cc1nc2ccc(OCC(O)CN3CCN(Cc4noc(-c5cccc(F)c5)n4)CC3)cc2s1. The first-order valence-electron chi connectivity index (χ1n) is 11.2. The van der Waals surface area contributed by atoms with Gasteiger partial charge in [0.1, 0.15) is 24.3 Å². The monoisotopic (exact) mass is 483 g/mol. The van der Waals surface area contributed by atoms with Crippen LogP contribution in [0.15, 0.2) is 47.0 Å². The molecule has 178 valence electrons. The summed E-state index contributed by atoms with van der Waals surface area (Å²) >= 11 is 1.63. The number of fused-ring (bicyclic) bond motifs is 1. The van der Waals surface area contributed by atoms with E-state index in [2.05, 4.69) is 24.9 Å². The van der Waals surface area contributed by atoms with Crippen molar-refractivity contribution in [1.82, 2.24) is 24.9 Å². The van der Waals surface area contributed by atoms with E-state index in [1.807, 2.05) is 25.1 Å². The Kier molecular flexibility index (Phi) is 6.82. The number of aromatic nitrogens is 3. The van der Waals surface area contributed by atoms with Crippen molar-refractivity contribution < 1.29 is 18.8 Å². The van der Waals surface area contributed by atoms with Gasteiger partial charge in [-0.2, -0.15) is 4.98 Å². The molecule has 34 heavy (non-hydrogen) atoms. The second kappa shape index (κ2) is 10.1.